The van der Waals surface area contributed by atoms with Crippen LogP contribution < -0.4 is 10.6 Å². The van der Waals surface area contributed by atoms with Crippen LogP contribution in [0.3, 0.4) is 0 Å². The number of hydrogen-bond donors (Lipinski definition) is 2. The Hall–Kier alpha value is -3.27. The smallest absolute Gasteiger partial charge is 0.277 e. The maximum atomic E-state index is 13.1. The van der Waals surface area contributed by atoms with Crippen molar-refractivity contribution in [2.24, 2.45) is 16.0 Å². The highest BCUT2D eigenvalue weighted by atomic mass is 16.2. The molecule has 5 rings (SSSR count). The first-order valence-electron chi connectivity index (χ1n) is 10.2. The molecule has 5 heterocycles. The molecule has 0 aromatic carbocycles. The highest BCUT2D eigenvalue weighted by molar-refractivity contribution is 6.69. The van der Waals surface area contributed by atoms with Crippen molar-refractivity contribution in [1.29, 1.82) is 0 Å². The minimum Gasteiger partial charge on any atom is -0.370 e. The number of aryl methyl sites for hydroxylation is 2. The Morgan fingerprint density at radius 3 is 2.87 bits per heavy atom. The van der Waals surface area contributed by atoms with Crippen LogP contribution in [0.15, 0.2) is 34.3 Å². The first-order chi connectivity index (χ1) is 14.5. The summed E-state index contributed by atoms with van der Waals surface area (Å²) in [5.74, 6) is 0.220. The van der Waals surface area contributed by atoms with E-state index < -0.39 is 0 Å². The van der Waals surface area contributed by atoms with Crippen LogP contribution in [0.5, 0.6) is 0 Å². The second-order valence-electron chi connectivity index (χ2n) is 7.96. The minimum absolute atomic E-state index is 0.0554. The van der Waals surface area contributed by atoms with Crippen LogP contribution in [-0.4, -0.2) is 81.6 Å². The molecule has 0 bridgehead atoms. The number of hydrazone groups is 1. The topological polar surface area (TPSA) is 103 Å². The number of hydrogen-bond acceptors (Lipinski definition) is 8. The third kappa shape index (κ3) is 3.22. The summed E-state index contributed by atoms with van der Waals surface area (Å²) in [6.45, 7) is 8.38. The predicted octanol–water partition coefficient (Wildman–Crippen LogP) is 0.403. The molecule has 1 amide bonds. The van der Waals surface area contributed by atoms with Crippen molar-refractivity contribution in [2.75, 3.05) is 45.1 Å². The van der Waals surface area contributed by atoms with Crippen LogP contribution in [0.4, 0.5) is 5.82 Å². The van der Waals surface area contributed by atoms with Crippen LogP contribution in [0, 0.1) is 19.8 Å². The molecule has 1 atom stereocenters. The lowest BCUT2D eigenvalue weighted by atomic mass is 9.93. The molecule has 0 radical (unpaired) electrons. The summed E-state index contributed by atoms with van der Waals surface area (Å²) < 4.78 is 1.69. The molecule has 2 aromatic heterocycles. The first kappa shape index (κ1) is 18.7. The Morgan fingerprint density at radius 1 is 1.27 bits per heavy atom. The third-order valence-electron chi connectivity index (χ3n) is 5.65. The molecule has 0 aliphatic carbocycles. The fraction of sp³-hybridized carbons (Fsp3) is 0.450. The normalized spacial score (nSPS) is 21.3. The van der Waals surface area contributed by atoms with E-state index in [-0.39, 0.29) is 11.8 Å². The number of amides is 1. The molecule has 3 aliphatic heterocycles. The average Bonchev–Trinajstić information content (AvgIpc) is 3.29. The third-order valence-corrected chi connectivity index (χ3v) is 5.65. The number of nitrogens with one attached hydrogen (secondary N) is 2. The van der Waals surface area contributed by atoms with Gasteiger partial charge in [-0.3, -0.25) is 9.80 Å². The van der Waals surface area contributed by atoms with Gasteiger partial charge in [-0.2, -0.15) is 5.10 Å². The van der Waals surface area contributed by atoms with Crippen molar-refractivity contribution in [3.63, 3.8) is 0 Å². The van der Waals surface area contributed by atoms with Crippen molar-refractivity contribution < 1.29 is 4.79 Å². The number of carbonyl (C=O) groups is 1. The summed E-state index contributed by atoms with van der Waals surface area (Å²) in [5.41, 5.74) is 4.82. The van der Waals surface area contributed by atoms with Crippen molar-refractivity contribution >= 4 is 28.8 Å². The molecule has 0 spiro atoms. The molecule has 1 saturated heterocycles. The van der Waals surface area contributed by atoms with Gasteiger partial charge in [-0.1, -0.05) is 0 Å². The van der Waals surface area contributed by atoms with Crippen LogP contribution in [0.25, 0.3) is 5.65 Å². The number of fused-ring (bicyclic) bond motifs is 2. The fourth-order valence-electron chi connectivity index (χ4n) is 4.26. The Morgan fingerprint density at radius 2 is 2.07 bits per heavy atom. The molecule has 3 aliphatic rings. The largest absolute Gasteiger partial charge is 0.370 e. The summed E-state index contributed by atoms with van der Waals surface area (Å²) in [6.07, 6.45) is 3.68. The second kappa shape index (κ2) is 7.21. The van der Waals surface area contributed by atoms with Crippen molar-refractivity contribution in [3.05, 3.63) is 35.4 Å². The van der Waals surface area contributed by atoms with Gasteiger partial charge in [0.25, 0.3) is 5.91 Å². The van der Waals surface area contributed by atoms with E-state index in [1.54, 1.807) is 4.52 Å². The molecule has 30 heavy (non-hydrogen) atoms. The molecule has 1 fully saturated rings. The van der Waals surface area contributed by atoms with Crippen LogP contribution >= 0.6 is 0 Å². The van der Waals surface area contributed by atoms with E-state index in [1.807, 2.05) is 44.4 Å². The Balaban J connectivity index is 1.44. The maximum Gasteiger partial charge on any atom is 0.277 e. The Bertz CT molecular complexity index is 1110. The molecule has 0 saturated carbocycles. The average molecular weight is 407 g/mol. The summed E-state index contributed by atoms with van der Waals surface area (Å²) in [6, 6.07) is 1.82. The summed E-state index contributed by atoms with van der Waals surface area (Å²) in [4.78, 5) is 24.4. The summed E-state index contributed by atoms with van der Waals surface area (Å²) in [7, 11) is 1.93. The van der Waals surface area contributed by atoms with Crippen LogP contribution in [0.2, 0.25) is 0 Å². The van der Waals surface area contributed by atoms with Gasteiger partial charge in [0.2, 0.25) is 0 Å². The number of imidazole rings is 1. The molecule has 2 aromatic rings. The van der Waals surface area contributed by atoms with Crippen molar-refractivity contribution in [3.8, 4) is 0 Å². The quantitative estimate of drug-likeness (QED) is 0.764. The Kier molecular flexibility index (Phi) is 4.50. The van der Waals surface area contributed by atoms with Crippen molar-refractivity contribution in [1.82, 2.24) is 29.8 Å². The molecule has 10 nitrogen and oxygen atoms in total. The highest BCUT2D eigenvalue weighted by Gasteiger charge is 2.38. The molecule has 1 unspecified atom stereocenters. The number of aromatic nitrogens is 3. The summed E-state index contributed by atoms with van der Waals surface area (Å²) in [5, 5.41) is 17.2. The van der Waals surface area contributed by atoms with Gasteiger partial charge in [0, 0.05) is 51.7 Å². The number of aliphatic imine (C=N–C) groups is 1. The van der Waals surface area contributed by atoms with E-state index in [0.717, 1.165) is 61.0 Å². The van der Waals surface area contributed by atoms with Gasteiger partial charge < -0.3 is 15.5 Å². The zero-order valence-corrected chi connectivity index (χ0v) is 17.4. The van der Waals surface area contributed by atoms with Gasteiger partial charge in [-0.05, 0) is 25.5 Å². The van der Waals surface area contributed by atoms with Gasteiger partial charge in [0.15, 0.2) is 17.2 Å². The lowest BCUT2D eigenvalue weighted by Crippen LogP contribution is -2.47. The SMILES string of the molecule is Cc1cn2nc(NC(=O)C3=NC=C(N4CCNCC4)C4CN(C)N=C34)cc(C)c2n1. The molecular weight excluding hydrogens is 382 g/mol. The zero-order chi connectivity index (χ0) is 20.8. The van der Waals surface area contributed by atoms with E-state index >= 15 is 0 Å². The summed E-state index contributed by atoms with van der Waals surface area (Å²) >= 11 is 0. The predicted molar refractivity (Wildman–Crippen MR) is 115 cm³/mol. The second-order valence-corrected chi connectivity index (χ2v) is 7.96. The number of piperazine rings is 1. The van der Waals surface area contributed by atoms with Gasteiger partial charge in [0.05, 0.1) is 17.8 Å². The standard InChI is InChI=1S/C20H25N9O/c1-12-8-16(25-29-10-13(2)23-19(12)29)24-20(30)18-17-14(11-27(3)26-17)15(9-22-18)28-6-4-21-5-7-28/h8-10,14,21H,4-7,11H2,1-3H3,(H,24,25,30). The first-order valence-corrected chi connectivity index (χ1v) is 10.2. The molecular formula is C20H25N9O. The lowest BCUT2D eigenvalue weighted by molar-refractivity contribution is -0.110. The van der Waals surface area contributed by atoms with Gasteiger partial charge in [0.1, 0.15) is 5.71 Å². The number of rotatable bonds is 3. The van der Waals surface area contributed by atoms with Crippen LogP contribution in [0.1, 0.15) is 11.3 Å². The van der Waals surface area contributed by atoms with E-state index in [1.165, 1.54) is 0 Å². The Labute approximate surface area is 174 Å². The van der Waals surface area contributed by atoms with E-state index in [2.05, 4.69) is 35.7 Å². The number of anilines is 1. The van der Waals surface area contributed by atoms with E-state index in [4.69, 9.17) is 0 Å². The molecule has 156 valence electrons. The van der Waals surface area contributed by atoms with Gasteiger partial charge >= 0.3 is 0 Å². The zero-order valence-electron chi connectivity index (χ0n) is 17.4. The van der Waals surface area contributed by atoms with E-state index in [9.17, 15) is 4.79 Å². The van der Waals surface area contributed by atoms with Crippen LogP contribution in [-0.2, 0) is 4.79 Å². The monoisotopic (exact) mass is 407 g/mol. The van der Waals surface area contributed by atoms with E-state index in [0.29, 0.717) is 11.5 Å². The molecule has 10 heteroatoms. The minimum atomic E-state index is -0.298. The van der Waals surface area contributed by atoms with Crippen molar-refractivity contribution in [2.45, 2.75) is 13.8 Å². The highest BCUT2D eigenvalue weighted by Crippen LogP contribution is 2.28. The maximum absolute atomic E-state index is 13.1. The molecule has 2 N–H and O–H groups in total. The number of carbonyl (C=O) groups excluding carboxylic acids is 1. The fourth-order valence-corrected chi connectivity index (χ4v) is 4.26. The lowest BCUT2D eigenvalue weighted by Gasteiger charge is -2.35. The number of nitrogens with zero attached hydrogens (tertiary/aromatic N) is 7. The van der Waals surface area contributed by atoms with Gasteiger partial charge in [-0.15, -0.1) is 5.10 Å². The van der Waals surface area contributed by atoms with Gasteiger partial charge in [-0.25, -0.2) is 14.5 Å².